The molecule has 804 valence electrons. The van der Waals surface area contributed by atoms with Crippen LogP contribution in [0.15, 0.2) is 11.6 Å². The molecule has 0 spiro atoms. The normalized spacial score (nSPS) is 48.8. The minimum Gasteiger partial charge on any atom is -0.479 e. The summed E-state index contributed by atoms with van der Waals surface area (Å²) >= 11 is 0. The van der Waals surface area contributed by atoms with E-state index in [9.17, 15) is 137 Å². The lowest BCUT2D eigenvalue weighted by Crippen LogP contribution is -2.71. The fraction of sp³-hybridized carbons (Fsp3) is 0.925. The second kappa shape index (κ2) is 45.3. The van der Waals surface area contributed by atoms with E-state index in [0.717, 1.165) is 11.9 Å². The topological polar surface area (TPSA) is 743 Å². The number of aldehydes is 1. The van der Waals surface area contributed by atoms with Crippen LogP contribution in [0.25, 0.3) is 0 Å². The van der Waals surface area contributed by atoms with Crippen LogP contribution < -0.4 is 10.6 Å². The number of hydrogen-bond acceptors (Lipinski definition) is 44. The van der Waals surface area contributed by atoms with Gasteiger partial charge >= 0.3 is 11.9 Å². The molecule has 13 aliphatic rings. The number of allylic oxidation sites excluding steroid dienone is 2. The summed E-state index contributed by atoms with van der Waals surface area (Å²) in [6, 6.07) is -2.73. The van der Waals surface area contributed by atoms with Crippen molar-refractivity contribution in [2.75, 3.05) is 33.0 Å². The second-order valence-electron chi connectivity index (χ2n) is 43.2. The van der Waals surface area contributed by atoms with Gasteiger partial charge in [0.15, 0.2) is 56.2 Å². The number of aliphatic hydroxyl groups is 23. The lowest BCUT2D eigenvalue weighted by Gasteiger charge is -2.71. The number of esters is 1. The Bertz CT molecular complexity index is 4150. The molecule has 8 saturated heterocycles. The van der Waals surface area contributed by atoms with Crippen molar-refractivity contribution in [3.05, 3.63) is 11.6 Å². The van der Waals surface area contributed by atoms with Crippen LogP contribution in [0.1, 0.15) is 179 Å². The number of aliphatic carboxylic acids is 1. The van der Waals surface area contributed by atoms with Gasteiger partial charge in [0, 0.05) is 12.5 Å². The average molecular weight is 2020 g/mol. The maximum atomic E-state index is 16.8. The Labute approximate surface area is 809 Å². The third-order valence-electron chi connectivity index (χ3n) is 33.9. The van der Waals surface area contributed by atoms with Gasteiger partial charge in [-0.25, -0.2) is 4.79 Å². The zero-order valence-electron chi connectivity index (χ0n) is 80.8. The molecule has 47 heteroatoms. The van der Waals surface area contributed by atoms with Gasteiger partial charge in [0.05, 0.1) is 100 Å². The molecule has 0 aromatic rings. The molecule has 140 heavy (non-hydrogen) atoms. The smallest absolute Gasteiger partial charge is 0.335 e. The van der Waals surface area contributed by atoms with Crippen molar-refractivity contribution >= 4 is 30.0 Å². The molecular formula is C93H152N2O45. The van der Waals surface area contributed by atoms with E-state index in [1.807, 2.05) is 34.6 Å². The molecule has 13 rings (SSSR count). The standard InChI is InChI=1S/C93H152N2O45/c1-13-35(3)43(94-54(105)26-40(101)24-46(36(4)14-2)129-83-67(117)61(111)49(31-98)131-83)23-39(100)25-55(106)95-56-47(29-96)130-85(76(73(56)135-81-68(118)62(112)57(107)37(5)127-81)138-82-70(120)64(114)72(38(6)128-82)134-79-65(115)58(108)44(102)32-125-79)140-87(124)93-22-21-88(7,8)27-42(93)41-15-16-51-89(9)19-18-53(90(10,34-99)50(89)17-20-91(51,11)92(41,12)28-52(93)104)133-86-77(139-84-69(119)63(113)60(110)48(30-97)132-84)74(71(121)75(137-86)78(122)123)136-80-66(116)59(109)45(103)33-126-80/h15,34-40,42-53,56-77,79-86,96-98,100-104,107-121H,13-14,16-33H2,1-12H3,(H,94,105)(H,95,106)(H,122,123)/t35-,36-,37-,38-,39+,40-,42?,43+,44+,45+,46?,47+,48+,49-,50?,51?,52+,53-,56-,57-,58-,59-,60-,61-,62+,63-,64-,65-,66+,67+,68+,69+,70+,71-,72-,73-,74-,75-,76+,77+,79-,80-,81+,82-,83-,84+,85-,86+,89-,90-,91+,92+,93+/m0/s1. The van der Waals surface area contributed by atoms with Crippen LogP contribution in [-0.4, -0.2) is 449 Å². The predicted molar refractivity (Wildman–Crippen MR) is 468 cm³/mol. The van der Waals surface area contributed by atoms with Crippen molar-refractivity contribution in [3.8, 4) is 0 Å². The Kier molecular flexibility index (Phi) is 36.5. The van der Waals surface area contributed by atoms with Crippen LogP contribution in [0.3, 0.4) is 0 Å². The fourth-order valence-corrected chi connectivity index (χ4v) is 24.7. The Morgan fingerprint density at radius 2 is 1.00 bits per heavy atom. The first kappa shape index (κ1) is 113. The molecule has 53 atom stereocenters. The first-order chi connectivity index (χ1) is 65.8. The number of rotatable bonds is 35. The molecular weight excluding hydrogens is 1860 g/mol. The number of amides is 2. The third-order valence-corrected chi connectivity index (χ3v) is 33.9. The summed E-state index contributed by atoms with van der Waals surface area (Å²) in [6.07, 6.45) is -70.8. The van der Waals surface area contributed by atoms with Gasteiger partial charge < -0.3 is 214 Å². The van der Waals surface area contributed by atoms with Crippen LogP contribution in [0.2, 0.25) is 0 Å². The SMILES string of the molecule is CC[C@H](C)C(C[C@H](O)CC(=O)N[C@H](C[C@@H](O)CC(=O)N[C@@H]1[C@H](O[C@H]2O[C@@H](C)[C@H](O)[C@@H](O)[C@H]2O)[C@@H](O[C@@H]2O[C@@H](C)[C@H](O[C@@H]3OC[C@@H](O)[C@H](O)[C@@H]3O)[C@@H](O)[C@H]2O)[C@H](OC(=O)[C@]23CCC(C)(C)CC2C2=CCC4[C@@]5(C)CC[C@H](O[C@@H]6O[C@H](C(=O)O)[C@@H](O)[C@H](O[C@@H]7OC[C@@H](O)[C@H](O)[C@H]7O)[C@H]6O[C@H]6O[C@H](CO)[C@H](O)[C@H](O)[C@H]6O)[C@@](C)(C=O)C5CC[C@@]4(C)[C@]2(C)C[C@H]3O)O[C@@H]1CO)[C@@H](C)CC)O[C@H]1O[C@@H](CO)[C@H](O)[C@H]1O. The maximum absolute atomic E-state index is 16.8. The van der Waals surface area contributed by atoms with Crippen molar-refractivity contribution in [1.29, 1.82) is 0 Å². The molecule has 26 N–H and O–H groups in total. The number of nitrogens with one attached hydrogen (secondary N) is 2. The van der Waals surface area contributed by atoms with E-state index in [1.165, 1.54) is 13.8 Å². The molecule has 0 bridgehead atoms. The van der Waals surface area contributed by atoms with Crippen molar-refractivity contribution in [2.45, 2.75) is 443 Å². The molecule has 4 saturated carbocycles. The highest BCUT2D eigenvalue weighted by Crippen LogP contribution is 2.76. The molecule has 2 amide bonds. The largest absolute Gasteiger partial charge is 0.479 e. The number of fused-ring (bicyclic) bond motifs is 7. The van der Waals surface area contributed by atoms with Crippen LogP contribution in [0.5, 0.6) is 0 Å². The highest BCUT2D eigenvalue weighted by molar-refractivity contribution is 5.80. The number of carbonyl (C=O) groups is 5. The monoisotopic (exact) mass is 2020 g/mol. The van der Waals surface area contributed by atoms with Crippen molar-refractivity contribution in [2.24, 2.45) is 62.1 Å². The Morgan fingerprint density at radius 1 is 0.493 bits per heavy atom. The molecule has 0 aromatic heterocycles. The number of hydrogen-bond donors (Lipinski definition) is 26. The lowest BCUT2D eigenvalue weighted by atomic mass is 9.33. The molecule has 47 nitrogen and oxygen atoms in total. The first-order valence-electron chi connectivity index (χ1n) is 49.2. The molecule has 8 heterocycles. The number of ether oxygens (including phenoxy) is 16. The van der Waals surface area contributed by atoms with E-state index in [-0.39, 0.29) is 69.6 Å². The summed E-state index contributed by atoms with van der Waals surface area (Å²) in [4.78, 5) is 73.5. The molecule has 5 aliphatic carbocycles. The Balaban J connectivity index is 0.800. The third kappa shape index (κ3) is 21.9. The van der Waals surface area contributed by atoms with E-state index in [2.05, 4.69) is 30.6 Å². The molecule has 8 aliphatic heterocycles. The van der Waals surface area contributed by atoms with Crippen molar-refractivity contribution in [1.82, 2.24) is 10.6 Å². The highest BCUT2D eigenvalue weighted by Gasteiger charge is 2.74. The van der Waals surface area contributed by atoms with E-state index >= 15 is 9.59 Å². The number of aliphatic hydroxyl groups excluding tert-OH is 23. The maximum Gasteiger partial charge on any atom is 0.335 e. The van der Waals surface area contributed by atoms with Gasteiger partial charge in [0.25, 0.3) is 0 Å². The first-order valence-corrected chi connectivity index (χ1v) is 49.2. The molecule has 4 unspecified atom stereocenters. The number of carboxylic acids is 1. The summed E-state index contributed by atoms with van der Waals surface area (Å²) in [5, 5.41) is 274. The van der Waals surface area contributed by atoms with E-state index in [4.69, 9.17) is 75.8 Å². The zero-order valence-corrected chi connectivity index (χ0v) is 80.8. The molecule has 0 radical (unpaired) electrons. The predicted octanol–water partition coefficient (Wildman–Crippen LogP) is -7.18. The van der Waals surface area contributed by atoms with Gasteiger partial charge in [0.1, 0.15) is 158 Å². The van der Waals surface area contributed by atoms with Crippen molar-refractivity contribution in [3.63, 3.8) is 0 Å². The van der Waals surface area contributed by atoms with Gasteiger partial charge in [-0.3, -0.25) is 14.4 Å². The van der Waals surface area contributed by atoms with E-state index < -0.39 is 384 Å². The summed E-state index contributed by atoms with van der Waals surface area (Å²) in [7, 11) is 0. The summed E-state index contributed by atoms with van der Waals surface area (Å²) in [5.74, 6) is -7.12. The Morgan fingerprint density at radius 3 is 1.59 bits per heavy atom. The fourth-order valence-electron chi connectivity index (χ4n) is 24.7. The zero-order chi connectivity index (χ0) is 103. The summed E-state index contributed by atoms with van der Waals surface area (Å²) in [6.45, 7) is 17.9. The lowest BCUT2D eigenvalue weighted by molar-refractivity contribution is -0.391. The van der Waals surface area contributed by atoms with Gasteiger partial charge in [-0.1, -0.05) is 93.7 Å². The number of carboxylic acid groups (broad SMARTS) is 1. The van der Waals surface area contributed by atoms with Crippen molar-refractivity contribution < 1.29 is 222 Å². The average Bonchev–Trinajstić information content (AvgIpc) is 0.741. The van der Waals surface area contributed by atoms with Crippen LogP contribution >= 0.6 is 0 Å². The van der Waals surface area contributed by atoms with Crippen LogP contribution in [0.4, 0.5) is 0 Å². The Hall–Kier alpha value is -4.23. The van der Waals surface area contributed by atoms with Crippen LogP contribution in [-0.2, 0) is 99.8 Å². The summed E-state index contributed by atoms with van der Waals surface area (Å²) < 4.78 is 98.7. The van der Waals surface area contributed by atoms with Gasteiger partial charge in [-0.15, -0.1) is 0 Å². The minimum atomic E-state index is -2.28. The minimum absolute atomic E-state index is 0.0128. The van der Waals surface area contributed by atoms with E-state index in [1.54, 1.807) is 20.8 Å². The highest BCUT2D eigenvalue weighted by atomic mass is 16.8. The van der Waals surface area contributed by atoms with Crippen LogP contribution in [0, 0.1) is 62.1 Å². The van der Waals surface area contributed by atoms with Gasteiger partial charge in [0.2, 0.25) is 18.1 Å². The van der Waals surface area contributed by atoms with Gasteiger partial charge in [-0.05, 0) is 129 Å². The molecule has 0 aromatic carbocycles. The summed E-state index contributed by atoms with van der Waals surface area (Å²) in [5.41, 5.74) is -5.95. The van der Waals surface area contributed by atoms with Gasteiger partial charge in [-0.2, -0.15) is 0 Å². The second-order valence-corrected chi connectivity index (χ2v) is 43.2. The molecule has 12 fully saturated rings. The quantitative estimate of drug-likeness (QED) is 0.0121. The van der Waals surface area contributed by atoms with E-state index in [0.29, 0.717) is 25.7 Å². The number of carbonyl (C=O) groups excluding carboxylic acids is 4.